The van der Waals surface area contributed by atoms with Gasteiger partial charge in [-0.25, -0.2) is 0 Å². The van der Waals surface area contributed by atoms with Gasteiger partial charge in [-0.2, -0.15) is 0 Å². The first kappa shape index (κ1) is 13.9. The second-order valence-electron chi connectivity index (χ2n) is 6.58. The van der Waals surface area contributed by atoms with E-state index in [2.05, 4.69) is 31.2 Å². The molecule has 0 aromatic heterocycles. The summed E-state index contributed by atoms with van der Waals surface area (Å²) in [5.74, 6) is 3.22. The van der Waals surface area contributed by atoms with Crippen molar-refractivity contribution < 1.29 is 4.74 Å². The topological polar surface area (TPSA) is 35.2 Å². The van der Waals surface area contributed by atoms with Crippen LogP contribution in [0, 0.1) is 11.8 Å². The molecular weight excluding hydrogens is 246 g/mol. The van der Waals surface area contributed by atoms with E-state index in [1.54, 1.807) is 0 Å². The zero-order valence-corrected chi connectivity index (χ0v) is 12.6. The predicted octanol–water partition coefficient (Wildman–Crippen LogP) is 4.10. The maximum Gasteiger partial charge on any atom is 0.119 e. The number of hydrogen-bond donors (Lipinski definition) is 1. The molecule has 1 aromatic carbocycles. The molecule has 0 bridgehead atoms. The summed E-state index contributed by atoms with van der Waals surface area (Å²) < 4.78 is 5.84. The van der Waals surface area contributed by atoms with Crippen LogP contribution in [0.2, 0.25) is 0 Å². The van der Waals surface area contributed by atoms with E-state index in [4.69, 9.17) is 10.5 Å². The summed E-state index contributed by atoms with van der Waals surface area (Å²) in [6, 6.07) is 8.83. The Labute approximate surface area is 122 Å². The van der Waals surface area contributed by atoms with Crippen molar-refractivity contribution >= 4 is 0 Å². The van der Waals surface area contributed by atoms with Crippen molar-refractivity contribution in [1.29, 1.82) is 0 Å². The van der Waals surface area contributed by atoms with Gasteiger partial charge in [0.2, 0.25) is 0 Å². The van der Waals surface area contributed by atoms with Crippen LogP contribution in [0.25, 0.3) is 0 Å². The largest absolute Gasteiger partial charge is 0.490 e. The lowest BCUT2D eigenvalue weighted by Gasteiger charge is -2.35. The minimum absolute atomic E-state index is 0.483. The quantitative estimate of drug-likeness (QED) is 0.876. The van der Waals surface area contributed by atoms with Gasteiger partial charge in [0.05, 0.1) is 6.10 Å². The number of nitrogens with two attached hydrogens (primary N) is 1. The van der Waals surface area contributed by atoms with Crippen molar-refractivity contribution in [2.45, 2.75) is 57.5 Å². The Morgan fingerprint density at radius 3 is 2.45 bits per heavy atom. The normalized spacial score (nSPS) is 30.2. The van der Waals surface area contributed by atoms with Crippen molar-refractivity contribution in [2.24, 2.45) is 17.6 Å². The second-order valence-corrected chi connectivity index (χ2v) is 6.58. The summed E-state index contributed by atoms with van der Waals surface area (Å²) in [6.07, 6.45) is 8.18. The molecule has 20 heavy (non-hydrogen) atoms. The van der Waals surface area contributed by atoms with Crippen LogP contribution in [-0.2, 0) is 0 Å². The molecule has 3 atom stereocenters. The van der Waals surface area contributed by atoms with E-state index in [0.29, 0.717) is 17.9 Å². The molecule has 3 rings (SSSR count). The molecular formula is C18H27NO. The highest BCUT2D eigenvalue weighted by atomic mass is 16.5. The van der Waals surface area contributed by atoms with Gasteiger partial charge in [0.15, 0.2) is 0 Å². The van der Waals surface area contributed by atoms with Crippen molar-refractivity contribution in [1.82, 2.24) is 0 Å². The van der Waals surface area contributed by atoms with Gasteiger partial charge in [0.25, 0.3) is 0 Å². The summed E-state index contributed by atoms with van der Waals surface area (Å²) in [7, 11) is 0. The van der Waals surface area contributed by atoms with Crippen molar-refractivity contribution in [3.05, 3.63) is 29.8 Å². The van der Waals surface area contributed by atoms with Crippen LogP contribution >= 0.6 is 0 Å². The van der Waals surface area contributed by atoms with Crippen LogP contribution in [0.4, 0.5) is 0 Å². The molecule has 110 valence electrons. The maximum absolute atomic E-state index is 6.00. The lowest BCUT2D eigenvalue weighted by molar-refractivity contribution is 0.235. The molecule has 0 saturated heterocycles. The fourth-order valence-corrected chi connectivity index (χ4v) is 3.55. The molecule has 0 spiro atoms. The van der Waals surface area contributed by atoms with Crippen molar-refractivity contribution in [3.8, 4) is 5.75 Å². The van der Waals surface area contributed by atoms with E-state index < -0.39 is 0 Å². The van der Waals surface area contributed by atoms with Crippen LogP contribution in [0.1, 0.15) is 56.9 Å². The highest BCUT2D eigenvalue weighted by Gasteiger charge is 2.30. The lowest BCUT2D eigenvalue weighted by Crippen LogP contribution is -2.28. The second kappa shape index (κ2) is 6.17. The van der Waals surface area contributed by atoms with Gasteiger partial charge >= 0.3 is 0 Å². The monoisotopic (exact) mass is 273 g/mol. The van der Waals surface area contributed by atoms with Gasteiger partial charge in [0, 0.05) is 0 Å². The van der Waals surface area contributed by atoms with E-state index >= 15 is 0 Å². The Bertz CT molecular complexity index is 424. The Balaban J connectivity index is 1.70. The molecule has 0 heterocycles. The van der Waals surface area contributed by atoms with Gasteiger partial charge < -0.3 is 10.5 Å². The Morgan fingerprint density at radius 1 is 1.10 bits per heavy atom. The van der Waals surface area contributed by atoms with E-state index in [1.165, 1.54) is 44.1 Å². The molecule has 2 saturated carbocycles. The maximum atomic E-state index is 6.00. The molecule has 0 amide bonds. The van der Waals surface area contributed by atoms with E-state index in [0.717, 1.165) is 18.2 Å². The van der Waals surface area contributed by atoms with Gasteiger partial charge in [-0.1, -0.05) is 31.9 Å². The average molecular weight is 273 g/mol. The van der Waals surface area contributed by atoms with Gasteiger partial charge in [-0.05, 0) is 67.7 Å². The number of rotatable bonds is 5. The highest BCUT2D eigenvalue weighted by Crippen LogP contribution is 2.41. The SMILES string of the molecule is CCC1CCC(CN)C(c2ccc(OC3CC3)cc2)C1. The highest BCUT2D eigenvalue weighted by molar-refractivity contribution is 5.30. The molecule has 3 unspecified atom stereocenters. The molecule has 0 aliphatic heterocycles. The van der Waals surface area contributed by atoms with Crippen LogP contribution < -0.4 is 10.5 Å². The fourth-order valence-electron chi connectivity index (χ4n) is 3.55. The lowest BCUT2D eigenvalue weighted by atomic mass is 9.70. The van der Waals surface area contributed by atoms with E-state index in [-0.39, 0.29) is 0 Å². The molecule has 2 nitrogen and oxygen atoms in total. The van der Waals surface area contributed by atoms with Gasteiger partial charge in [0.1, 0.15) is 5.75 Å². The third-order valence-corrected chi connectivity index (χ3v) is 5.12. The Kier molecular flexibility index (Phi) is 4.30. The number of hydrogen-bond acceptors (Lipinski definition) is 2. The molecule has 2 aliphatic rings. The summed E-state index contributed by atoms with van der Waals surface area (Å²) in [6.45, 7) is 3.14. The Morgan fingerprint density at radius 2 is 1.85 bits per heavy atom. The molecule has 2 aliphatic carbocycles. The first-order valence-corrected chi connectivity index (χ1v) is 8.26. The minimum atomic E-state index is 0.483. The van der Waals surface area contributed by atoms with Gasteiger partial charge in [-0.15, -0.1) is 0 Å². The van der Waals surface area contributed by atoms with Crippen molar-refractivity contribution in [3.63, 3.8) is 0 Å². The molecule has 2 N–H and O–H groups in total. The summed E-state index contributed by atoms with van der Waals surface area (Å²) in [5.41, 5.74) is 7.46. The van der Waals surface area contributed by atoms with Crippen LogP contribution in [0.5, 0.6) is 5.75 Å². The zero-order chi connectivity index (χ0) is 13.9. The summed E-state index contributed by atoms with van der Waals surface area (Å²) in [5, 5.41) is 0. The summed E-state index contributed by atoms with van der Waals surface area (Å²) in [4.78, 5) is 0. The fraction of sp³-hybridized carbons (Fsp3) is 0.667. The summed E-state index contributed by atoms with van der Waals surface area (Å²) >= 11 is 0. The van der Waals surface area contributed by atoms with Gasteiger partial charge in [-0.3, -0.25) is 0 Å². The average Bonchev–Trinajstić information content (AvgIpc) is 3.31. The standard InChI is InChI=1S/C18H27NO/c1-2-13-3-4-15(12-19)18(11-13)14-5-7-16(8-6-14)20-17-9-10-17/h5-8,13,15,17-18H,2-4,9-12,19H2,1H3. The predicted molar refractivity (Wildman–Crippen MR) is 83.0 cm³/mol. The molecule has 0 radical (unpaired) electrons. The zero-order valence-electron chi connectivity index (χ0n) is 12.6. The smallest absolute Gasteiger partial charge is 0.119 e. The minimum Gasteiger partial charge on any atom is -0.490 e. The number of benzene rings is 1. The van der Waals surface area contributed by atoms with Crippen molar-refractivity contribution in [2.75, 3.05) is 6.54 Å². The third kappa shape index (κ3) is 3.17. The van der Waals surface area contributed by atoms with Crippen LogP contribution in [-0.4, -0.2) is 12.6 Å². The first-order valence-electron chi connectivity index (χ1n) is 8.26. The Hall–Kier alpha value is -1.02. The molecule has 2 heteroatoms. The molecule has 2 fully saturated rings. The number of ether oxygens (including phenoxy) is 1. The van der Waals surface area contributed by atoms with Crippen LogP contribution in [0.3, 0.4) is 0 Å². The van der Waals surface area contributed by atoms with Crippen LogP contribution in [0.15, 0.2) is 24.3 Å². The van der Waals surface area contributed by atoms with E-state index in [1.807, 2.05) is 0 Å². The first-order chi connectivity index (χ1) is 9.80. The molecule has 1 aromatic rings. The van der Waals surface area contributed by atoms with E-state index in [9.17, 15) is 0 Å². The third-order valence-electron chi connectivity index (χ3n) is 5.12.